The zero-order valence-corrected chi connectivity index (χ0v) is 14.3. The third kappa shape index (κ3) is 2.45. The number of hydrogen-bond acceptors (Lipinski definition) is 3. The number of nitrogens with zero attached hydrogens (tertiary/aromatic N) is 2. The first-order chi connectivity index (χ1) is 10.3. The molecule has 0 radical (unpaired) electrons. The van der Waals surface area contributed by atoms with Gasteiger partial charge in [-0.25, -0.2) is 13.1 Å². The molecule has 5 nitrogen and oxygen atoms in total. The number of halogens is 1. The van der Waals surface area contributed by atoms with Crippen molar-refractivity contribution in [3.63, 3.8) is 0 Å². The van der Waals surface area contributed by atoms with Gasteiger partial charge in [-0.2, -0.15) is 5.10 Å². The van der Waals surface area contributed by atoms with Crippen LogP contribution in [0.15, 0.2) is 23.1 Å². The molecule has 0 fully saturated rings. The average Bonchev–Trinajstić information content (AvgIpc) is 2.93. The first kappa shape index (κ1) is 15.5. The number of benzene rings is 1. The number of nitrogens with one attached hydrogen (secondary N) is 1. The van der Waals surface area contributed by atoms with Crippen molar-refractivity contribution in [3.05, 3.63) is 45.7 Å². The van der Waals surface area contributed by atoms with Gasteiger partial charge < -0.3 is 0 Å². The minimum Gasteiger partial charge on any atom is -0.271 e. The van der Waals surface area contributed by atoms with Gasteiger partial charge in [-0.1, -0.05) is 23.7 Å². The van der Waals surface area contributed by atoms with Crippen LogP contribution in [0.3, 0.4) is 0 Å². The van der Waals surface area contributed by atoms with E-state index in [1.165, 1.54) is 0 Å². The molecule has 1 unspecified atom stereocenters. The molecule has 22 heavy (non-hydrogen) atoms. The van der Waals surface area contributed by atoms with Crippen LogP contribution in [0.5, 0.6) is 0 Å². The van der Waals surface area contributed by atoms with Gasteiger partial charge >= 0.3 is 0 Å². The van der Waals surface area contributed by atoms with E-state index in [2.05, 4.69) is 9.82 Å². The molecule has 1 aliphatic carbocycles. The van der Waals surface area contributed by atoms with Gasteiger partial charge in [0.25, 0.3) is 0 Å². The van der Waals surface area contributed by atoms with Crippen molar-refractivity contribution in [2.24, 2.45) is 7.05 Å². The van der Waals surface area contributed by atoms with Crippen LogP contribution in [0.25, 0.3) is 0 Å². The Hall–Kier alpha value is -1.37. The molecular formula is C15H18ClN3O2S. The summed E-state index contributed by atoms with van der Waals surface area (Å²) in [6.45, 7) is 3.47. The van der Waals surface area contributed by atoms with Crippen LogP contribution in [0.2, 0.25) is 5.02 Å². The smallest absolute Gasteiger partial charge is 0.244 e. The van der Waals surface area contributed by atoms with E-state index in [4.69, 9.17) is 11.6 Å². The molecule has 7 heteroatoms. The highest BCUT2D eigenvalue weighted by Gasteiger charge is 2.31. The van der Waals surface area contributed by atoms with Crippen LogP contribution < -0.4 is 4.72 Å². The lowest BCUT2D eigenvalue weighted by Gasteiger charge is -2.15. The Morgan fingerprint density at radius 3 is 2.73 bits per heavy atom. The third-order valence-electron chi connectivity index (χ3n) is 4.22. The Bertz CT molecular complexity index is 843. The summed E-state index contributed by atoms with van der Waals surface area (Å²) in [6, 6.07) is 5.39. The van der Waals surface area contributed by atoms with Crippen molar-refractivity contribution >= 4 is 21.6 Å². The number of aryl methyl sites for hydroxylation is 2. The summed E-state index contributed by atoms with van der Waals surface area (Å²) in [5.74, 6) is 0. The van der Waals surface area contributed by atoms with Crippen LogP contribution >= 0.6 is 11.6 Å². The van der Waals surface area contributed by atoms with Crippen LogP contribution in [0.4, 0.5) is 0 Å². The van der Waals surface area contributed by atoms with Gasteiger partial charge in [0.05, 0.1) is 11.4 Å². The molecule has 1 aromatic carbocycles. The number of aromatic nitrogens is 2. The standard InChI is InChI=1S/C15H18ClN3O2S/c1-9-15(10(2)19(3)17-9)22(20,21)18-14-8-7-11-12(14)5-4-6-13(11)16/h4-6,14,18H,7-8H2,1-3H3. The van der Waals surface area contributed by atoms with Crippen LogP contribution in [-0.4, -0.2) is 18.2 Å². The highest BCUT2D eigenvalue weighted by molar-refractivity contribution is 7.89. The molecule has 1 atom stereocenters. The summed E-state index contributed by atoms with van der Waals surface area (Å²) in [7, 11) is -1.87. The highest BCUT2D eigenvalue weighted by Crippen LogP contribution is 2.36. The van der Waals surface area contributed by atoms with Crippen molar-refractivity contribution < 1.29 is 8.42 Å². The number of rotatable bonds is 3. The quantitative estimate of drug-likeness (QED) is 0.935. The van der Waals surface area contributed by atoms with E-state index in [-0.39, 0.29) is 10.9 Å². The van der Waals surface area contributed by atoms with Crippen molar-refractivity contribution in [1.29, 1.82) is 0 Å². The summed E-state index contributed by atoms with van der Waals surface area (Å²) < 4.78 is 29.9. The van der Waals surface area contributed by atoms with E-state index in [0.717, 1.165) is 24.0 Å². The summed E-state index contributed by atoms with van der Waals surface area (Å²) in [5, 5.41) is 4.89. The van der Waals surface area contributed by atoms with Gasteiger partial charge in [0.2, 0.25) is 10.0 Å². The lowest BCUT2D eigenvalue weighted by atomic mass is 10.1. The van der Waals surface area contributed by atoms with E-state index in [9.17, 15) is 8.42 Å². The minimum absolute atomic E-state index is 0.238. The van der Waals surface area contributed by atoms with Gasteiger partial charge in [-0.3, -0.25) is 4.68 Å². The zero-order chi connectivity index (χ0) is 16.1. The summed E-state index contributed by atoms with van der Waals surface area (Å²) in [5.41, 5.74) is 3.15. The van der Waals surface area contributed by atoms with Gasteiger partial charge in [0.1, 0.15) is 4.90 Å². The molecule has 3 rings (SSSR count). The molecule has 0 aliphatic heterocycles. The van der Waals surface area contributed by atoms with E-state index < -0.39 is 10.0 Å². The molecule has 0 spiro atoms. The maximum atomic E-state index is 12.7. The zero-order valence-electron chi connectivity index (χ0n) is 12.7. The Morgan fingerprint density at radius 2 is 2.09 bits per heavy atom. The molecule has 1 N–H and O–H groups in total. The number of fused-ring (bicyclic) bond motifs is 1. The van der Waals surface area contributed by atoms with Gasteiger partial charge in [0, 0.05) is 18.1 Å². The van der Waals surface area contributed by atoms with Crippen molar-refractivity contribution in [2.75, 3.05) is 0 Å². The lowest BCUT2D eigenvalue weighted by Crippen LogP contribution is -2.28. The second kappa shape index (κ2) is 5.37. The summed E-state index contributed by atoms with van der Waals surface area (Å²) in [4.78, 5) is 0.269. The topological polar surface area (TPSA) is 64.0 Å². The fourth-order valence-corrected chi connectivity index (χ4v) is 5.09. The molecule has 1 aromatic heterocycles. The predicted octanol–water partition coefficient (Wildman–Crippen LogP) is 2.66. The minimum atomic E-state index is -3.62. The molecule has 118 valence electrons. The molecule has 1 heterocycles. The normalized spacial score (nSPS) is 17.7. The van der Waals surface area contributed by atoms with E-state index >= 15 is 0 Å². The third-order valence-corrected chi connectivity index (χ3v) is 6.30. The Labute approximate surface area is 135 Å². The van der Waals surface area contributed by atoms with Crippen LogP contribution in [-0.2, 0) is 23.5 Å². The second-order valence-electron chi connectivity index (χ2n) is 5.64. The number of sulfonamides is 1. The fraction of sp³-hybridized carbons (Fsp3) is 0.400. The molecule has 2 aromatic rings. The molecule has 0 amide bonds. The first-order valence-corrected chi connectivity index (χ1v) is 8.97. The van der Waals surface area contributed by atoms with Crippen LogP contribution in [0.1, 0.15) is 35.0 Å². The molecule has 1 aliphatic rings. The Morgan fingerprint density at radius 1 is 1.36 bits per heavy atom. The molecule has 0 saturated heterocycles. The van der Waals surface area contributed by atoms with Gasteiger partial charge in [-0.15, -0.1) is 0 Å². The largest absolute Gasteiger partial charge is 0.271 e. The molecule has 0 saturated carbocycles. The lowest BCUT2D eigenvalue weighted by molar-refractivity contribution is 0.553. The maximum absolute atomic E-state index is 12.7. The van der Waals surface area contributed by atoms with Crippen molar-refractivity contribution in [1.82, 2.24) is 14.5 Å². The SMILES string of the molecule is Cc1nn(C)c(C)c1S(=O)(=O)NC1CCc2c(Cl)cccc21. The van der Waals surface area contributed by atoms with Gasteiger partial charge in [-0.05, 0) is 43.9 Å². The highest BCUT2D eigenvalue weighted by atomic mass is 35.5. The second-order valence-corrected chi connectivity index (χ2v) is 7.70. The molecule has 0 bridgehead atoms. The van der Waals surface area contributed by atoms with E-state index in [1.807, 2.05) is 18.2 Å². The summed E-state index contributed by atoms with van der Waals surface area (Å²) in [6.07, 6.45) is 1.50. The Kier molecular flexibility index (Phi) is 3.79. The van der Waals surface area contributed by atoms with Crippen molar-refractivity contribution in [2.45, 2.75) is 37.6 Å². The Balaban J connectivity index is 1.96. The molecular weight excluding hydrogens is 322 g/mol. The van der Waals surface area contributed by atoms with E-state index in [0.29, 0.717) is 16.4 Å². The predicted molar refractivity (Wildman–Crippen MR) is 85.5 cm³/mol. The maximum Gasteiger partial charge on any atom is 0.244 e. The van der Waals surface area contributed by atoms with Gasteiger partial charge in [0.15, 0.2) is 0 Å². The van der Waals surface area contributed by atoms with Crippen LogP contribution in [0, 0.1) is 13.8 Å². The first-order valence-electron chi connectivity index (χ1n) is 7.11. The number of hydrogen-bond donors (Lipinski definition) is 1. The van der Waals surface area contributed by atoms with Crippen molar-refractivity contribution in [3.8, 4) is 0 Å². The fourth-order valence-electron chi connectivity index (χ4n) is 3.12. The average molecular weight is 340 g/mol. The monoisotopic (exact) mass is 339 g/mol. The summed E-state index contributed by atoms with van der Waals surface area (Å²) >= 11 is 6.19. The van der Waals surface area contributed by atoms with E-state index in [1.54, 1.807) is 25.6 Å².